The first kappa shape index (κ1) is 18.5. The van der Waals surface area contributed by atoms with Crippen molar-refractivity contribution in [3.63, 3.8) is 0 Å². The van der Waals surface area contributed by atoms with Crippen molar-refractivity contribution in [1.29, 1.82) is 0 Å². The number of rotatable bonds is 4. The second-order valence-corrected chi connectivity index (χ2v) is 7.55. The molecule has 1 amide bonds. The number of anilines is 1. The fourth-order valence-electron chi connectivity index (χ4n) is 3.10. The maximum atomic E-state index is 13.1. The summed E-state index contributed by atoms with van der Waals surface area (Å²) < 4.78 is 14.2. The number of aromatic nitrogens is 3. The third-order valence-corrected chi connectivity index (χ3v) is 5.66. The summed E-state index contributed by atoms with van der Waals surface area (Å²) in [5.41, 5.74) is 0.0386. The standard InChI is InChI=1S/C19H18FN5O2S/c20-13-1-3-14(4-2-13)25-17(26)6-5-15(24-25)18(27)23-19-22-11-16(28-19)12-7-9-21-10-8-12/h1-6,11-12,21H,7-10H2,(H,22,23,27). The largest absolute Gasteiger partial charge is 0.317 e. The van der Waals surface area contributed by atoms with Gasteiger partial charge in [0.25, 0.3) is 11.5 Å². The Morgan fingerprint density at radius 3 is 2.68 bits per heavy atom. The van der Waals surface area contributed by atoms with E-state index in [1.165, 1.54) is 47.7 Å². The van der Waals surface area contributed by atoms with Gasteiger partial charge < -0.3 is 5.32 Å². The van der Waals surface area contributed by atoms with Gasteiger partial charge in [-0.3, -0.25) is 14.9 Å². The van der Waals surface area contributed by atoms with Gasteiger partial charge >= 0.3 is 0 Å². The van der Waals surface area contributed by atoms with Crippen molar-refractivity contribution >= 4 is 22.4 Å². The summed E-state index contributed by atoms with van der Waals surface area (Å²) in [6, 6.07) is 7.93. The SMILES string of the molecule is O=C(Nc1ncc(C2CCNCC2)s1)c1ccc(=O)n(-c2ccc(F)cc2)n1. The highest BCUT2D eigenvalue weighted by molar-refractivity contribution is 7.15. The molecule has 0 unspecified atom stereocenters. The maximum absolute atomic E-state index is 13.1. The van der Waals surface area contributed by atoms with Crippen molar-refractivity contribution < 1.29 is 9.18 Å². The minimum Gasteiger partial charge on any atom is -0.317 e. The summed E-state index contributed by atoms with van der Waals surface area (Å²) in [5, 5.41) is 10.7. The number of thiazole rings is 1. The number of nitrogens with one attached hydrogen (secondary N) is 2. The van der Waals surface area contributed by atoms with Crippen LogP contribution >= 0.6 is 11.3 Å². The number of hydrogen-bond donors (Lipinski definition) is 2. The van der Waals surface area contributed by atoms with E-state index < -0.39 is 17.3 Å². The van der Waals surface area contributed by atoms with Gasteiger partial charge in [0.15, 0.2) is 5.13 Å². The topological polar surface area (TPSA) is 88.9 Å². The van der Waals surface area contributed by atoms with Crippen molar-refractivity contribution in [3.8, 4) is 5.69 Å². The van der Waals surface area contributed by atoms with Crippen LogP contribution in [0.15, 0.2) is 47.4 Å². The second kappa shape index (κ2) is 7.99. The molecule has 2 aromatic heterocycles. The summed E-state index contributed by atoms with van der Waals surface area (Å²) in [6.45, 7) is 1.97. The van der Waals surface area contributed by atoms with Crippen LogP contribution in [0.25, 0.3) is 5.69 Å². The quantitative estimate of drug-likeness (QED) is 0.704. The Labute approximate surface area is 164 Å². The number of hydrogen-bond acceptors (Lipinski definition) is 6. The molecule has 2 N–H and O–H groups in total. The number of piperidine rings is 1. The summed E-state index contributed by atoms with van der Waals surface area (Å²) in [4.78, 5) is 30.1. The first-order valence-corrected chi connectivity index (χ1v) is 9.76. The third-order valence-electron chi connectivity index (χ3n) is 4.59. The summed E-state index contributed by atoms with van der Waals surface area (Å²) in [5.74, 6) is -0.413. The molecule has 0 radical (unpaired) electrons. The third kappa shape index (κ3) is 4.00. The predicted octanol–water partition coefficient (Wildman–Crippen LogP) is 2.55. The van der Waals surface area contributed by atoms with Gasteiger partial charge in [-0.05, 0) is 62.2 Å². The van der Waals surface area contributed by atoms with Crippen molar-refractivity contribution in [1.82, 2.24) is 20.1 Å². The zero-order valence-electron chi connectivity index (χ0n) is 14.9. The van der Waals surface area contributed by atoms with Crippen LogP contribution < -0.4 is 16.2 Å². The lowest BCUT2D eigenvalue weighted by atomic mass is 9.97. The molecular formula is C19H18FN5O2S. The normalized spacial score (nSPS) is 14.8. The average molecular weight is 399 g/mol. The highest BCUT2D eigenvalue weighted by Gasteiger charge is 2.19. The molecule has 0 spiro atoms. The Morgan fingerprint density at radius 2 is 1.93 bits per heavy atom. The molecule has 1 saturated heterocycles. The fourth-order valence-corrected chi connectivity index (χ4v) is 4.08. The number of nitrogens with zero attached hydrogens (tertiary/aromatic N) is 3. The second-order valence-electron chi connectivity index (χ2n) is 6.49. The van der Waals surface area contributed by atoms with Crippen LogP contribution in [0.1, 0.15) is 34.1 Å². The summed E-state index contributed by atoms with van der Waals surface area (Å²) in [7, 11) is 0. The molecule has 7 nitrogen and oxygen atoms in total. The van der Waals surface area contributed by atoms with Gasteiger partial charge in [0.05, 0.1) is 5.69 Å². The van der Waals surface area contributed by atoms with Crippen molar-refractivity contribution in [2.24, 2.45) is 0 Å². The van der Waals surface area contributed by atoms with Crippen LogP contribution in [0.3, 0.4) is 0 Å². The van der Waals surface area contributed by atoms with E-state index in [0.717, 1.165) is 35.5 Å². The first-order chi connectivity index (χ1) is 13.6. The Balaban J connectivity index is 1.52. The Kier molecular flexibility index (Phi) is 5.27. The fraction of sp³-hybridized carbons (Fsp3) is 0.263. The number of benzene rings is 1. The number of carbonyl (C=O) groups excluding carboxylic acids is 1. The van der Waals surface area contributed by atoms with E-state index in [9.17, 15) is 14.0 Å². The van der Waals surface area contributed by atoms with Crippen LogP contribution in [0.4, 0.5) is 9.52 Å². The van der Waals surface area contributed by atoms with Gasteiger partial charge in [-0.1, -0.05) is 0 Å². The predicted molar refractivity (Wildman–Crippen MR) is 105 cm³/mol. The van der Waals surface area contributed by atoms with Gasteiger partial charge in [0, 0.05) is 17.1 Å². The molecule has 1 fully saturated rings. The van der Waals surface area contributed by atoms with E-state index in [4.69, 9.17) is 0 Å². The lowest BCUT2D eigenvalue weighted by Crippen LogP contribution is -2.26. The lowest BCUT2D eigenvalue weighted by molar-refractivity contribution is 0.102. The molecule has 0 atom stereocenters. The number of carbonyl (C=O) groups is 1. The van der Waals surface area contributed by atoms with Crippen molar-refractivity contribution in [3.05, 3.63) is 69.3 Å². The first-order valence-electron chi connectivity index (χ1n) is 8.94. The molecule has 144 valence electrons. The van der Waals surface area contributed by atoms with E-state index in [2.05, 4.69) is 20.7 Å². The van der Waals surface area contributed by atoms with Crippen LogP contribution in [-0.2, 0) is 0 Å². The maximum Gasteiger partial charge on any atom is 0.277 e. The van der Waals surface area contributed by atoms with E-state index >= 15 is 0 Å². The van der Waals surface area contributed by atoms with Gasteiger partial charge in [0.1, 0.15) is 11.5 Å². The van der Waals surface area contributed by atoms with Gasteiger partial charge in [0.2, 0.25) is 0 Å². The smallest absolute Gasteiger partial charge is 0.277 e. The van der Waals surface area contributed by atoms with E-state index in [1.54, 1.807) is 0 Å². The zero-order valence-corrected chi connectivity index (χ0v) is 15.7. The molecule has 9 heteroatoms. The molecule has 0 bridgehead atoms. The zero-order chi connectivity index (χ0) is 19.5. The Hall–Kier alpha value is -2.91. The van der Waals surface area contributed by atoms with Crippen LogP contribution in [-0.4, -0.2) is 33.8 Å². The molecule has 28 heavy (non-hydrogen) atoms. The minimum absolute atomic E-state index is 0.0718. The summed E-state index contributed by atoms with van der Waals surface area (Å²) >= 11 is 1.46. The Morgan fingerprint density at radius 1 is 1.18 bits per heavy atom. The van der Waals surface area contributed by atoms with Crippen LogP contribution in [0.2, 0.25) is 0 Å². The number of amides is 1. The molecule has 3 heterocycles. The van der Waals surface area contributed by atoms with E-state index in [0.29, 0.717) is 16.7 Å². The van der Waals surface area contributed by atoms with Crippen molar-refractivity contribution in [2.75, 3.05) is 18.4 Å². The van der Waals surface area contributed by atoms with Gasteiger partial charge in [-0.15, -0.1) is 11.3 Å². The van der Waals surface area contributed by atoms with Gasteiger partial charge in [-0.2, -0.15) is 9.78 Å². The average Bonchev–Trinajstić information content (AvgIpc) is 3.18. The number of halogens is 1. The molecule has 4 rings (SSSR count). The molecular weight excluding hydrogens is 381 g/mol. The van der Waals surface area contributed by atoms with E-state index in [-0.39, 0.29) is 5.69 Å². The summed E-state index contributed by atoms with van der Waals surface area (Å²) in [6.07, 6.45) is 3.92. The van der Waals surface area contributed by atoms with Crippen LogP contribution in [0, 0.1) is 5.82 Å². The molecule has 1 aliphatic heterocycles. The highest BCUT2D eigenvalue weighted by atomic mass is 32.1. The molecule has 1 aliphatic rings. The van der Waals surface area contributed by atoms with Gasteiger partial charge in [-0.25, -0.2) is 9.37 Å². The Bertz CT molecular complexity index is 1040. The lowest BCUT2D eigenvalue weighted by Gasteiger charge is -2.20. The molecule has 0 aliphatic carbocycles. The monoisotopic (exact) mass is 399 g/mol. The molecule has 1 aromatic carbocycles. The van der Waals surface area contributed by atoms with Crippen LogP contribution in [0.5, 0.6) is 0 Å². The van der Waals surface area contributed by atoms with E-state index in [1.807, 2.05) is 6.20 Å². The highest BCUT2D eigenvalue weighted by Crippen LogP contribution is 2.31. The molecule has 0 saturated carbocycles. The van der Waals surface area contributed by atoms with Crippen molar-refractivity contribution in [2.45, 2.75) is 18.8 Å². The minimum atomic E-state index is -0.456. The molecule has 3 aromatic rings.